The van der Waals surface area contributed by atoms with Gasteiger partial charge in [0.2, 0.25) is 0 Å². The van der Waals surface area contributed by atoms with Crippen molar-refractivity contribution in [1.29, 1.82) is 0 Å². The molecule has 4 rings (SSSR count). The van der Waals surface area contributed by atoms with Gasteiger partial charge in [0.1, 0.15) is 18.1 Å². The van der Waals surface area contributed by atoms with Gasteiger partial charge in [-0.2, -0.15) is 0 Å². The molecule has 0 aliphatic carbocycles. The summed E-state index contributed by atoms with van der Waals surface area (Å²) < 4.78 is 17.3. The molecule has 1 fully saturated rings. The van der Waals surface area contributed by atoms with Crippen LogP contribution in [0.5, 0.6) is 5.75 Å². The molecule has 2 aliphatic rings. The van der Waals surface area contributed by atoms with E-state index in [-0.39, 0.29) is 24.1 Å². The Morgan fingerprint density at radius 2 is 2.03 bits per heavy atom. The Kier molecular flexibility index (Phi) is 6.79. The quantitative estimate of drug-likeness (QED) is 0.713. The number of carbonyl (C=O) groups excluding carboxylic acids is 2. The number of fused-ring (bicyclic) bond motifs is 1. The number of hydrogen-bond donors (Lipinski definition) is 0. The van der Waals surface area contributed by atoms with Crippen LogP contribution < -0.4 is 4.74 Å². The highest BCUT2D eigenvalue weighted by Crippen LogP contribution is 2.29. The lowest BCUT2D eigenvalue weighted by atomic mass is 9.91. The van der Waals surface area contributed by atoms with E-state index in [0.717, 1.165) is 25.0 Å². The second-order valence-electron chi connectivity index (χ2n) is 8.49. The number of rotatable bonds is 2. The summed E-state index contributed by atoms with van der Waals surface area (Å²) in [6, 6.07) is 9.73. The predicted octanol–water partition coefficient (Wildman–Crippen LogP) is 2.71. The number of ether oxygens (including phenoxy) is 2. The average Bonchev–Trinajstić information content (AvgIpc) is 3.30. The average molecular weight is 442 g/mol. The van der Waals surface area contributed by atoms with Crippen molar-refractivity contribution in [3.8, 4) is 5.75 Å². The summed E-state index contributed by atoms with van der Waals surface area (Å²) in [7, 11) is 1.76. The van der Waals surface area contributed by atoms with Crippen molar-refractivity contribution in [2.75, 3.05) is 39.9 Å². The fourth-order valence-corrected chi connectivity index (χ4v) is 4.41. The number of hydrogen-bond acceptors (Lipinski definition) is 6. The minimum atomic E-state index is -1.06. The van der Waals surface area contributed by atoms with Gasteiger partial charge in [-0.15, -0.1) is 0 Å². The molecule has 3 heterocycles. The zero-order valence-corrected chi connectivity index (χ0v) is 18.8. The first-order valence-corrected chi connectivity index (χ1v) is 11.4. The van der Waals surface area contributed by atoms with E-state index < -0.39 is 5.60 Å². The van der Waals surface area contributed by atoms with Crippen molar-refractivity contribution in [3.05, 3.63) is 47.3 Å². The van der Waals surface area contributed by atoms with Crippen LogP contribution in [0.2, 0.25) is 0 Å². The van der Waals surface area contributed by atoms with Crippen molar-refractivity contribution in [2.45, 2.75) is 44.6 Å². The van der Waals surface area contributed by atoms with E-state index in [0.29, 0.717) is 44.9 Å². The molecule has 8 heteroatoms. The number of morpholine rings is 1. The van der Waals surface area contributed by atoms with E-state index in [1.165, 1.54) is 5.56 Å². The van der Waals surface area contributed by atoms with Gasteiger partial charge < -0.3 is 23.8 Å². The fraction of sp³-hybridized carbons (Fsp3) is 0.542. The van der Waals surface area contributed by atoms with E-state index in [9.17, 15) is 9.59 Å². The summed E-state index contributed by atoms with van der Waals surface area (Å²) in [6.07, 6.45) is 3.81. The van der Waals surface area contributed by atoms with Crippen LogP contribution in [0.15, 0.2) is 34.9 Å². The second kappa shape index (κ2) is 9.73. The molecule has 1 unspecified atom stereocenters. The Morgan fingerprint density at radius 3 is 2.84 bits per heavy atom. The van der Waals surface area contributed by atoms with Crippen LogP contribution >= 0.6 is 0 Å². The van der Waals surface area contributed by atoms with Crippen LogP contribution in [-0.4, -0.2) is 72.3 Å². The van der Waals surface area contributed by atoms with Gasteiger partial charge in [0.25, 0.3) is 11.8 Å². The van der Waals surface area contributed by atoms with E-state index >= 15 is 0 Å². The Morgan fingerprint density at radius 1 is 1.19 bits per heavy atom. The van der Waals surface area contributed by atoms with Crippen molar-refractivity contribution in [1.82, 2.24) is 15.0 Å². The van der Waals surface area contributed by atoms with Crippen LogP contribution in [0.25, 0.3) is 0 Å². The van der Waals surface area contributed by atoms with Crippen molar-refractivity contribution < 1.29 is 23.6 Å². The molecule has 0 radical (unpaired) electrons. The molecule has 2 aromatic rings. The number of amides is 2. The molecule has 32 heavy (non-hydrogen) atoms. The molecule has 1 aromatic heterocycles. The molecule has 2 amide bonds. The number of aromatic nitrogens is 1. The first kappa shape index (κ1) is 22.3. The Balaban J connectivity index is 1.53. The largest absolute Gasteiger partial charge is 0.491 e. The molecule has 1 spiro atoms. The van der Waals surface area contributed by atoms with Crippen molar-refractivity contribution >= 4 is 11.8 Å². The Hall–Kier alpha value is -2.87. The molecule has 1 saturated heterocycles. The summed E-state index contributed by atoms with van der Waals surface area (Å²) in [6.45, 7) is 3.72. The first-order chi connectivity index (χ1) is 15.5. The predicted molar refractivity (Wildman–Crippen MR) is 118 cm³/mol. The molecule has 0 bridgehead atoms. The van der Waals surface area contributed by atoms with Gasteiger partial charge in [-0.25, -0.2) is 0 Å². The zero-order chi connectivity index (χ0) is 22.6. The van der Waals surface area contributed by atoms with E-state index in [1.807, 2.05) is 25.1 Å². The SMILES string of the molecule is CCc1cc(C(=O)N2CCOC3(CCCCc4ccccc4OCCN(C)C3=O)C2)no1. The highest BCUT2D eigenvalue weighted by Gasteiger charge is 2.46. The Bertz CT molecular complexity index is 959. The topological polar surface area (TPSA) is 85.1 Å². The highest BCUT2D eigenvalue weighted by atomic mass is 16.5. The second-order valence-corrected chi connectivity index (χ2v) is 8.49. The van der Waals surface area contributed by atoms with Crippen LogP contribution in [0.3, 0.4) is 0 Å². The fourth-order valence-electron chi connectivity index (χ4n) is 4.41. The highest BCUT2D eigenvalue weighted by molar-refractivity contribution is 5.93. The third-order valence-corrected chi connectivity index (χ3v) is 6.27. The van der Waals surface area contributed by atoms with Crippen LogP contribution in [-0.2, 0) is 22.4 Å². The summed E-state index contributed by atoms with van der Waals surface area (Å²) in [5.74, 6) is 1.21. The molecule has 2 aliphatic heterocycles. The van der Waals surface area contributed by atoms with Gasteiger partial charge in [0.15, 0.2) is 11.3 Å². The van der Waals surface area contributed by atoms with Gasteiger partial charge in [0.05, 0.1) is 19.7 Å². The molecule has 0 saturated carbocycles. The van der Waals surface area contributed by atoms with Crippen LogP contribution in [0.1, 0.15) is 48.0 Å². The molecule has 172 valence electrons. The number of nitrogens with zero attached hydrogens (tertiary/aromatic N) is 3. The van der Waals surface area contributed by atoms with E-state index in [1.54, 1.807) is 22.9 Å². The summed E-state index contributed by atoms with van der Waals surface area (Å²) >= 11 is 0. The minimum absolute atomic E-state index is 0.109. The summed E-state index contributed by atoms with van der Waals surface area (Å²) in [5.41, 5.74) is 0.395. The number of aryl methyl sites for hydroxylation is 2. The number of likely N-dealkylation sites (N-methyl/N-ethyl adjacent to an activating group) is 1. The first-order valence-electron chi connectivity index (χ1n) is 11.4. The van der Waals surface area contributed by atoms with Gasteiger partial charge in [-0.05, 0) is 37.3 Å². The number of para-hydroxylation sites is 1. The summed E-state index contributed by atoms with van der Waals surface area (Å²) in [5, 5.41) is 3.92. The molecular formula is C24H31N3O5. The smallest absolute Gasteiger partial charge is 0.276 e. The zero-order valence-electron chi connectivity index (χ0n) is 18.8. The summed E-state index contributed by atoms with van der Waals surface area (Å²) in [4.78, 5) is 29.9. The molecular weight excluding hydrogens is 410 g/mol. The van der Waals surface area contributed by atoms with Gasteiger partial charge in [-0.3, -0.25) is 9.59 Å². The third-order valence-electron chi connectivity index (χ3n) is 6.27. The molecule has 0 N–H and O–H groups in total. The van der Waals surface area contributed by atoms with E-state index in [4.69, 9.17) is 14.0 Å². The lowest BCUT2D eigenvalue weighted by Gasteiger charge is -2.43. The van der Waals surface area contributed by atoms with Gasteiger partial charge in [0, 0.05) is 26.1 Å². The molecule has 1 atom stereocenters. The minimum Gasteiger partial charge on any atom is -0.491 e. The van der Waals surface area contributed by atoms with Gasteiger partial charge >= 0.3 is 0 Å². The number of benzene rings is 1. The lowest BCUT2D eigenvalue weighted by Crippen LogP contribution is -2.61. The molecule has 1 aromatic carbocycles. The van der Waals surface area contributed by atoms with Crippen LogP contribution in [0.4, 0.5) is 0 Å². The maximum atomic E-state index is 13.5. The maximum absolute atomic E-state index is 13.5. The van der Waals surface area contributed by atoms with Crippen molar-refractivity contribution in [2.24, 2.45) is 0 Å². The lowest BCUT2D eigenvalue weighted by molar-refractivity contribution is -0.169. The van der Waals surface area contributed by atoms with E-state index in [2.05, 4.69) is 11.2 Å². The van der Waals surface area contributed by atoms with Crippen LogP contribution in [0, 0.1) is 0 Å². The monoisotopic (exact) mass is 441 g/mol. The standard InChI is InChI=1S/C24H31N3O5/c1-3-19-16-20(25-32-19)22(28)27-13-15-31-24(17-27)11-7-6-9-18-8-4-5-10-21(18)30-14-12-26(2)23(24)29/h4-5,8,10,16H,3,6-7,9,11-15,17H2,1-2H3. The Labute approximate surface area is 188 Å². The normalized spacial score (nSPS) is 22.6. The van der Waals surface area contributed by atoms with Gasteiger partial charge in [-0.1, -0.05) is 30.3 Å². The molecule has 8 nitrogen and oxygen atoms in total. The number of carbonyl (C=O) groups is 2. The third kappa shape index (κ3) is 4.65. The maximum Gasteiger partial charge on any atom is 0.276 e. The van der Waals surface area contributed by atoms with Crippen molar-refractivity contribution in [3.63, 3.8) is 0 Å².